The zero-order chi connectivity index (χ0) is 16.9. The summed E-state index contributed by atoms with van der Waals surface area (Å²) < 4.78 is 11.2. The number of likely N-dealkylation sites (tertiary alicyclic amines) is 1. The Morgan fingerprint density at radius 1 is 1.42 bits per heavy atom. The summed E-state index contributed by atoms with van der Waals surface area (Å²) >= 11 is 0. The monoisotopic (exact) mass is 333 g/mol. The van der Waals surface area contributed by atoms with Gasteiger partial charge in [0.1, 0.15) is 5.75 Å². The summed E-state index contributed by atoms with van der Waals surface area (Å²) in [6.07, 6.45) is 3.93. The highest BCUT2D eigenvalue weighted by atomic mass is 16.5. The van der Waals surface area contributed by atoms with E-state index in [-0.39, 0.29) is 5.91 Å². The van der Waals surface area contributed by atoms with Gasteiger partial charge in [-0.25, -0.2) is 0 Å². The zero-order valence-electron chi connectivity index (χ0n) is 14.6. The Kier molecular flexibility index (Phi) is 5.68. The number of morpholine rings is 1. The maximum absolute atomic E-state index is 12.8. The fourth-order valence-electron chi connectivity index (χ4n) is 3.69. The number of ether oxygens (including phenoxy) is 2. The molecule has 0 unspecified atom stereocenters. The largest absolute Gasteiger partial charge is 0.479 e. The molecular formula is C18H27N3O3. The summed E-state index contributed by atoms with van der Waals surface area (Å²) in [5.74, 6) is 1.22. The standard InChI is InChI=1S/C18H27N3O3/c1-3-15-12-21(13-17(15)20-7-9-23-10-8-20)18(22)14(2)24-16-5-4-6-19-11-16/h4-6,11,14-15,17H,3,7-10,12-13H2,1-2H3/t14-,15+,17-/m0/s1. The van der Waals surface area contributed by atoms with Crippen molar-refractivity contribution in [2.45, 2.75) is 32.4 Å². The molecule has 2 aliphatic rings. The van der Waals surface area contributed by atoms with Crippen molar-refractivity contribution < 1.29 is 14.3 Å². The van der Waals surface area contributed by atoms with E-state index in [1.54, 1.807) is 12.4 Å². The van der Waals surface area contributed by atoms with E-state index >= 15 is 0 Å². The van der Waals surface area contributed by atoms with Gasteiger partial charge in [0.05, 0.1) is 19.4 Å². The Hall–Kier alpha value is -1.66. The van der Waals surface area contributed by atoms with Crippen molar-refractivity contribution in [3.05, 3.63) is 24.5 Å². The molecule has 0 aliphatic carbocycles. The molecule has 6 nitrogen and oxygen atoms in total. The van der Waals surface area contributed by atoms with Crippen LogP contribution >= 0.6 is 0 Å². The van der Waals surface area contributed by atoms with Gasteiger partial charge in [-0.05, 0) is 25.0 Å². The van der Waals surface area contributed by atoms with E-state index in [9.17, 15) is 4.79 Å². The Balaban J connectivity index is 1.60. The van der Waals surface area contributed by atoms with Crippen LogP contribution in [0.4, 0.5) is 0 Å². The maximum Gasteiger partial charge on any atom is 0.263 e. The highest BCUT2D eigenvalue weighted by molar-refractivity contribution is 5.81. The van der Waals surface area contributed by atoms with Crippen LogP contribution in [0.25, 0.3) is 0 Å². The summed E-state index contributed by atoms with van der Waals surface area (Å²) in [4.78, 5) is 21.3. The molecule has 1 amide bonds. The minimum Gasteiger partial charge on any atom is -0.479 e. The first-order valence-electron chi connectivity index (χ1n) is 8.86. The Bertz CT molecular complexity index is 534. The Labute approximate surface area is 143 Å². The number of carbonyl (C=O) groups excluding carboxylic acids is 1. The lowest BCUT2D eigenvalue weighted by molar-refractivity contribution is -0.137. The molecule has 0 spiro atoms. The number of aromatic nitrogens is 1. The minimum atomic E-state index is -0.491. The number of amides is 1. The van der Waals surface area contributed by atoms with Crippen molar-refractivity contribution in [1.29, 1.82) is 0 Å². The average Bonchev–Trinajstić information content (AvgIpc) is 3.07. The van der Waals surface area contributed by atoms with Crippen LogP contribution in [0.5, 0.6) is 5.75 Å². The zero-order valence-corrected chi connectivity index (χ0v) is 14.6. The molecular weight excluding hydrogens is 306 g/mol. The highest BCUT2D eigenvalue weighted by Crippen LogP contribution is 2.26. The smallest absolute Gasteiger partial charge is 0.263 e. The van der Waals surface area contributed by atoms with E-state index in [0.717, 1.165) is 45.8 Å². The van der Waals surface area contributed by atoms with Crippen molar-refractivity contribution in [1.82, 2.24) is 14.8 Å². The number of nitrogens with zero attached hydrogens (tertiary/aromatic N) is 3. The molecule has 2 fully saturated rings. The third kappa shape index (κ3) is 3.87. The van der Waals surface area contributed by atoms with Crippen LogP contribution in [0.15, 0.2) is 24.5 Å². The van der Waals surface area contributed by atoms with E-state index in [0.29, 0.717) is 17.7 Å². The van der Waals surface area contributed by atoms with Gasteiger partial charge in [0, 0.05) is 38.4 Å². The third-order valence-electron chi connectivity index (χ3n) is 5.05. The summed E-state index contributed by atoms with van der Waals surface area (Å²) in [7, 11) is 0. The van der Waals surface area contributed by atoms with Crippen LogP contribution in [0.2, 0.25) is 0 Å². The van der Waals surface area contributed by atoms with Gasteiger partial charge in [-0.3, -0.25) is 14.7 Å². The number of hydrogen-bond donors (Lipinski definition) is 0. The third-order valence-corrected chi connectivity index (χ3v) is 5.05. The normalized spacial score (nSPS) is 26.3. The lowest BCUT2D eigenvalue weighted by Crippen LogP contribution is -2.48. The minimum absolute atomic E-state index is 0.0630. The predicted octanol–water partition coefficient (Wildman–Crippen LogP) is 1.42. The van der Waals surface area contributed by atoms with Gasteiger partial charge in [-0.15, -0.1) is 0 Å². The van der Waals surface area contributed by atoms with E-state index in [1.807, 2.05) is 24.0 Å². The first-order valence-corrected chi connectivity index (χ1v) is 8.86. The molecule has 6 heteroatoms. The lowest BCUT2D eigenvalue weighted by Gasteiger charge is -2.34. The van der Waals surface area contributed by atoms with Crippen LogP contribution in [-0.4, -0.2) is 72.2 Å². The topological polar surface area (TPSA) is 54.9 Å². The molecule has 0 bridgehead atoms. The molecule has 3 atom stereocenters. The second kappa shape index (κ2) is 7.94. The molecule has 132 valence electrons. The van der Waals surface area contributed by atoms with Crippen molar-refractivity contribution >= 4 is 5.91 Å². The SMILES string of the molecule is CC[C@@H]1CN(C(=O)[C@H](C)Oc2cccnc2)C[C@@H]1N1CCOCC1. The summed E-state index contributed by atoms with van der Waals surface area (Å²) in [5.41, 5.74) is 0. The van der Waals surface area contributed by atoms with Gasteiger partial charge >= 0.3 is 0 Å². The molecule has 1 aromatic heterocycles. The molecule has 3 rings (SSSR count). The van der Waals surface area contributed by atoms with Crippen LogP contribution in [-0.2, 0) is 9.53 Å². The molecule has 24 heavy (non-hydrogen) atoms. The quantitative estimate of drug-likeness (QED) is 0.816. The number of hydrogen-bond acceptors (Lipinski definition) is 5. The predicted molar refractivity (Wildman–Crippen MR) is 90.9 cm³/mol. The summed E-state index contributed by atoms with van der Waals surface area (Å²) in [5, 5.41) is 0. The first kappa shape index (κ1) is 17.2. The molecule has 2 aliphatic heterocycles. The van der Waals surface area contributed by atoms with E-state index in [1.165, 1.54) is 0 Å². The van der Waals surface area contributed by atoms with Gasteiger partial charge in [0.2, 0.25) is 0 Å². The van der Waals surface area contributed by atoms with Gasteiger partial charge in [0.25, 0.3) is 5.91 Å². The fourth-order valence-corrected chi connectivity index (χ4v) is 3.69. The van der Waals surface area contributed by atoms with Gasteiger partial charge in [0.15, 0.2) is 6.10 Å². The number of carbonyl (C=O) groups is 1. The second-order valence-electron chi connectivity index (χ2n) is 6.58. The van der Waals surface area contributed by atoms with Gasteiger partial charge in [-0.2, -0.15) is 0 Å². The van der Waals surface area contributed by atoms with Crippen molar-refractivity contribution in [3.63, 3.8) is 0 Å². The Morgan fingerprint density at radius 3 is 2.88 bits per heavy atom. The number of rotatable bonds is 5. The van der Waals surface area contributed by atoms with Crippen molar-refractivity contribution in [2.75, 3.05) is 39.4 Å². The first-order chi connectivity index (χ1) is 11.7. The van der Waals surface area contributed by atoms with Gasteiger partial charge < -0.3 is 14.4 Å². The number of pyridine rings is 1. The highest BCUT2D eigenvalue weighted by Gasteiger charge is 2.39. The molecule has 3 heterocycles. The van der Waals surface area contributed by atoms with E-state index in [2.05, 4.69) is 16.8 Å². The molecule has 1 aromatic rings. The maximum atomic E-state index is 12.8. The van der Waals surface area contributed by atoms with Gasteiger partial charge in [-0.1, -0.05) is 13.3 Å². The fraction of sp³-hybridized carbons (Fsp3) is 0.667. The second-order valence-corrected chi connectivity index (χ2v) is 6.58. The molecule has 0 N–H and O–H groups in total. The van der Waals surface area contributed by atoms with Crippen molar-refractivity contribution in [3.8, 4) is 5.75 Å². The van der Waals surface area contributed by atoms with Crippen LogP contribution < -0.4 is 4.74 Å². The molecule has 2 saturated heterocycles. The van der Waals surface area contributed by atoms with Crippen LogP contribution in [0.3, 0.4) is 0 Å². The van der Waals surface area contributed by atoms with E-state index in [4.69, 9.17) is 9.47 Å². The molecule has 0 saturated carbocycles. The average molecular weight is 333 g/mol. The van der Waals surface area contributed by atoms with E-state index < -0.39 is 6.10 Å². The van der Waals surface area contributed by atoms with Crippen molar-refractivity contribution in [2.24, 2.45) is 5.92 Å². The van der Waals surface area contributed by atoms with Crippen LogP contribution in [0, 0.1) is 5.92 Å². The molecule has 0 radical (unpaired) electrons. The van der Waals surface area contributed by atoms with Crippen LogP contribution in [0.1, 0.15) is 20.3 Å². The summed E-state index contributed by atoms with van der Waals surface area (Å²) in [6, 6.07) is 4.07. The summed E-state index contributed by atoms with van der Waals surface area (Å²) in [6.45, 7) is 9.15. The Morgan fingerprint density at radius 2 is 2.21 bits per heavy atom. The molecule has 0 aromatic carbocycles. The lowest BCUT2D eigenvalue weighted by atomic mass is 9.99.